The van der Waals surface area contributed by atoms with Crippen LogP contribution >= 0.6 is 0 Å². The summed E-state index contributed by atoms with van der Waals surface area (Å²) >= 11 is 0. The summed E-state index contributed by atoms with van der Waals surface area (Å²) in [5.41, 5.74) is -0.945. The summed E-state index contributed by atoms with van der Waals surface area (Å²) in [6.45, 7) is -0.700. The molecular formula is C12H17F3N2O2. The van der Waals surface area contributed by atoms with E-state index in [1.165, 1.54) is 0 Å². The first-order valence-corrected chi connectivity index (χ1v) is 6.50. The highest BCUT2D eigenvalue weighted by Crippen LogP contribution is 2.32. The highest BCUT2D eigenvalue weighted by Gasteiger charge is 2.47. The molecule has 2 fully saturated rings. The van der Waals surface area contributed by atoms with Crippen molar-refractivity contribution in [2.75, 3.05) is 13.1 Å². The van der Waals surface area contributed by atoms with Crippen molar-refractivity contribution in [3.05, 3.63) is 0 Å². The maximum absolute atomic E-state index is 12.3. The molecule has 0 aromatic carbocycles. The molecule has 4 nitrogen and oxygen atoms in total. The van der Waals surface area contributed by atoms with Crippen molar-refractivity contribution in [1.29, 1.82) is 0 Å². The monoisotopic (exact) mass is 278 g/mol. The lowest BCUT2D eigenvalue weighted by Crippen LogP contribution is -2.67. The maximum atomic E-state index is 12.3. The number of piperazine rings is 1. The fraction of sp³-hybridized carbons (Fsp3) is 0.833. The van der Waals surface area contributed by atoms with Gasteiger partial charge in [0, 0.05) is 6.54 Å². The second-order valence-electron chi connectivity index (χ2n) is 5.28. The molecule has 0 atom stereocenters. The molecule has 0 unspecified atom stereocenters. The van der Waals surface area contributed by atoms with Crippen molar-refractivity contribution in [1.82, 2.24) is 10.2 Å². The highest BCUT2D eigenvalue weighted by molar-refractivity contribution is 5.98. The van der Waals surface area contributed by atoms with Gasteiger partial charge in [0.2, 0.25) is 11.8 Å². The van der Waals surface area contributed by atoms with Crippen LogP contribution in [0, 0.1) is 0 Å². The molecule has 0 aromatic heterocycles. The fourth-order valence-electron chi connectivity index (χ4n) is 2.84. The summed E-state index contributed by atoms with van der Waals surface area (Å²) in [7, 11) is 0. The number of carbonyl (C=O) groups excluding carboxylic acids is 2. The summed E-state index contributed by atoms with van der Waals surface area (Å²) in [5.74, 6) is -0.709. The molecule has 1 saturated heterocycles. The van der Waals surface area contributed by atoms with Gasteiger partial charge in [-0.25, -0.2) is 0 Å². The second-order valence-corrected chi connectivity index (χ2v) is 5.28. The predicted octanol–water partition coefficient (Wildman–Crippen LogP) is 1.60. The zero-order chi connectivity index (χ0) is 14.1. The Hall–Kier alpha value is -1.27. The molecule has 108 valence electrons. The number of hydrogen-bond acceptors (Lipinski definition) is 2. The van der Waals surface area contributed by atoms with Crippen LogP contribution in [0.4, 0.5) is 13.2 Å². The van der Waals surface area contributed by atoms with Gasteiger partial charge < -0.3 is 10.2 Å². The van der Waals surface area contributed by atoms with Gasteiger partial charge >= 0.3 is 6.18 Å². The number of nitrogens with one attached hydrogen (secondary N) is 1. The number of nitrogens with zero attached hydrogens (tertiary/aromatic N) is 1. The summed E-state index contributed by atoms with van der Waals surface area (Å²) in [4.78, 5) is 25.0. The number of alkyl halides is 3. The van der Waals surface area contributed by atoms with E-state index in [0.29, 0.717) is 12.8 Å². The molecule has 2 aliphatic rings. The first-order valence-electron chi connectivity index (χ1n) is 6.50. The molecule has 7 heteroatoms. The van der Waals surface area contributed by atoms with E-state index in [-0.39, 0.29) is 18.4 Å². The van der Waals surface area contributed by atoms with Gasteiger partial charge in [0.05, 0.1) is 13.0 Å². The van der Waals surface area contributed by atoms with Crippen molar-refractivity contribution in [3.63, 3.8) is 0 Å². The van der Waals surface area contributed by atoms with Crippen LogP contribution in [0.25, 0.3) is 0 Å². The minimum Gasteiger partial charge on any atom is -0.340 e. The molecule has 2 rings (SSSR count). The third-order valence-electron chi connectivity index (χ3n) is 3.78. The number of halogens is 3. The Bertz CT molecular complexity index is 376. The third-order valence-corrected chi connectivity index (χ3v) is 3.78. The molecule has 1 aliphatic heterocycles. The fourth-order valence-corrected chi connectivity index (χ4v) is 2.84. The molecule has 2 amide bonds. The van der Waals surface area contributed by atoms with E-state index in [4.69, 9.17) is 0 Å². The molecular weight excluding hydrogens is 261 g/mol. The van der Waals surface area contributed by atoms with Gasteiger partial charge in [0.15, 0.2) is 0 Å². The van der Waals surface area contributed by atoms with E-state index in [1.54, 1.807) is 0 Å². The average Bonchev–Trinajstić information content (AvgIpc) is 2.32. The maximum Gasteiger partial charge on any atom is 0.390 e. The van der Waals surface area contributed by atoms with Crippen LogP contribution in [0.2, 0.25) is 0 Å². The molecule has 1 heterocycles. The van der Waals surface area contributed by atoms with Crippen LogP contribution in [0.5, 0.6) is 0 Å². The van der Waals surface area contributed by atoms with Crippen molar-refractivity contribution in [2.45, 2.75) is 50.2 Å². The Balaban J connectivity index is 2.07. The smallest absolute Gasteiger partial charge is 0.340 e. The molecule has 0 bridgehead atoms. The van der Waals surface area contributed by atoms with E-state index in [9.17, 15) is 22.8 Å². The Kier molecular flexibility index (Phi) is 3.73. The number of rotatable bonds is 2. The molecule has 1 saturated carbocycles. The first-order chi connectivity index (χ1) is 8.82. The van der Waals surface area contributed by atoms with Gasteiger partial charge in [0.25, 0.3) is 0 Å². The highest BCUT2D eigenvalue weighted by atomic mass is 19.4. The van der Waals surface area contributed by atoms with Crippen molar-refractivity contribution < 1.29 is 22.8 Å². The van der Waals surface area contributed by atoms with Crippen LogP contribution in [0.1, 0.15) is 38.5 Å². The minimum absolute atomic E-state index is 0.267. The lowest BCUT2D eigenvalue weighted by Gasteiger charge is -2.44. The van der Waals surface area contributed by atoms with E-state index in [0.717, 1.165) is 24.2 Å². The van der Waals surface area contributed by atoms with Crippen LogP contribution in [-0.4, -0.2) is 41.5 Å². The summed E-state index contributed by atoms with van der Waals surface area (Å²) < 4.78 is 36.7. The van der Waals surface area contributed by atoms with Gasteiger partial charge in [-0.05, 0) is 12.8 Å². The molecule has 19 heavy (non-hydrogen) atoms. The van der Waals surface area contributed by atoms with Crippen LogP contribution < -0.4 is 5.32 Å². The normalized spacial score (nSPS) is 23.6. The van der Waals surface area contributed by atoms with Crippen LogP contribution in [0.15, 0.2) is 0 Å². The Morgan fingerprint density at radius 3 is 2.37 bits per heavy atom. The van der Waals surface area contributed by atoms with Gasteiger partial charge in [-0.3, -0.25) is 9.59 Å². The largest absolute Gasteiger partial charge is 0.390 e. The van der Waals surface area contributed by atoms with Gasteiger partial charge in [-0.1, -0.05) is 19.3 Å². The van der Waals surface area contributed by atoms with E-state index in [1.807, 2.05) is 0 Å². The lowest BCUT2D eigenvalue weighted by atomic mass is 9.79. The van der Waals surface area contributed by atoms with E-state index < -0.39 is 24.7 Å². The molecule has 0 aromatic rings. The summed E-state index contributed by atoms with van der Waals surface area (Å²) in [6.07, 6.45) is -1.69. The standard InChI is InChI=1S/C12H17F3N2O2/c13-12(14,15)6-7-17-8-9(18)16-11(10(17)19)4-2-1-3-5-11/h1-8H2,(H,16,18). The second kappa shape index (κ2) is 5.02. The zero-order valence-corrected chi connectivity index (χ0v) is 10.6. The van der Waals surface area contributed by atoms with Crippen LogP contribution in [0.3, 0.4) is 0 Å². The topological polar surface area (TPSA) is 49.4 Å². The average molecular weight is 278 g/mol. The molecule has 1 aliphatic carbocycles. The zero-order valence-electron chi connectivity index (χ0n) is 10.6. The number of hydrogen-bond donors (Lipinski definition) is 1. The van der Waals surface area contributed by atoms with Crippen LogP contribution in [-0.2, 0) is 9.59 Å². The summed E-state index contributed by atoms with van der Waals surface area (Å²) in [5, 5.41) is 2.70. The minimum atomic E-state index is -4.31. The van der Waals surface area contributed by atoms with Crippen molar-refractivity contribution in [3.8, 4) is 0 Å². The molecule has 1 N–H and O–H groups in total. The Morgan fingerprint density at radius 1 is 1.16 bits per heavy atom. The molecule has 0 radical (unpaired) electrons. The molecule has 1 spiro atoms. The SMILES string of the molecule is O=C1CN(CCC(F)(F)F)C(=O)C2(CCCCC2)N1. The lowest BCUT2D eigenvalue weighted by molar-refractivity contribution is -0.158. The summed E-state index contributed by atoms with van der Waals surface area (Å²) in [6, 6.07) is 0. The van der Waals surface area contributed by atoms with Gasteiger partial charge in [0.1, 0.15) is 5.54 Å². The number of amides is 2. The quantitative estimate of drug-likeness (QED) is 0.834. The van der Waals surface area contributed by atoms with Gasteiger partial charge in [-0.2, -0.15) is 13.2 Å². The Labute approximate surface area is 109 Å². The Morgan fingerprint density at radius 2 is 1.79 bits per heavy atom. The van der Waals surface area contributed by atoms with E-state index in [2.05, 4.69) is 5.32 Å². The van der Waals surface area contributed by atoms with Gasteiger partial charge in [-0.15, -0.1) is 0 Å². The third kappa shape index (κ3) is 3.19. The first kappa shape index (κ1) is 14.1. The predicted molar refractivity (Wildman–Crippen MR) is 61.2 cm³/mol. The van der Waals surface area contributed by atoms with E-state index >= 15 is 0 Å². The number of carbonyl (C=O) groups is 2. The van der Waals surface area contributed by atoms with Crippen molar-refractivity contribution in [2.24, 2.45) is 0 Å². The van der Waals surface area contributed by atoms with Crippen molar-refractivity contribution >= 4 is 11.8 Å².